The third kappa shape index (κ3) is 5.08. The van der Waals surface area contributed by atoms with Crippen molar-refractivity contribution in [1.82, 2.24) is 0 Å². The molecule has 5 nitrogen and oxygen atoms in total. The molecule has 3 unspecified atom stereocenters. The normalized spacial score (nSPS) is 45.7. The Kier molecular flexibility index (Phi) is 8.99. The van der Waals surface area contributed by atoms with Gasteiger partial charge in [0.15, 0.2) is 5.79 Å². The molecule has 3 N–H and O–H groups in total. The summed E-state index contributed by atoms with van der Waals surface area (Å²) >= 11 is 0. The second kappa shape index (κ2) is 10.4. The zero-order valence-electron chi connectivity index (χ0n) is 21.6. The fraction of sp³-hybridized carbons (Fsp3) is 0.963. The molecule has 10 atom stereocenters. The Labute approximate surface area is 242 Å². The van der Waals surface area contributed by atoms with Gasteiger partial charge in [0.2, 0.25) is 0 Å². The Balaban J connectivity index is 0.00000306. The molecule has 184 valence electrons. The molecule has 0 aromatic heterocycles. The van der Waals surface area contributed by atoms with Gasteiger partial charge in [0, 0.05) is 12.4 Å². The average Bonchev–Trinajstić information content (AvgIpc) is 3.06. The molecule has 6 heteroatoms. The first kappa shape index (κ1) is 28.6. The van der Waals surface area contributed by atoms with Crippen molar-refractivity contribution in [3.63, 3.8) is 0 Å². The van der Waals surface area contributed by atoms with Gasteiger partial charge >= 0.3 is 51.4 Å². The van der Waals surface area contributed by atoms with Gasteiger partial charge in [-0.05, 0) is 104 Å². The van der Waals surface area contributed by atoms with Crippen molar-refractivity contribution in [3.05, 3.63) is 0 Å². The van der Waals surface area contributed by atoms with Crippen molar-refractivity contribution >= 4 is 5.97 Å². The molecule has 4 aliphatic rings. The number of aliphatic hydroxyl groups excluding tert-OH is 1. The van der Waals surface area contributed by atoms with E-state index in [1.807, 2.05) is 0 Å². The van der Waals surface area contributed by atoms with E-state index < -0.39 is 17.9 Å². The summed E-state index contributed by atoms with van der Waals surface area (Å²) in [5.41, 5.74) is 0.359. The second-order valence-corrected chi connectivity index (χ2v) is 12.8. The van der Waals surface area contributed by atoms with Crippen molar-refractivity contribution in [2.45, 2.75) is 110 Å². The van der Waals surface area contributed by atoms with E-state index in [-0.39, 0.29) is 68.6 Å². The maximum atomic E-state index is 11.0. The molecule has 4 saturated carbocycles. The van der Waals surface area contributed by atoms with Crippen LogP contribution in [0.3, 0.4) is 0 Å². The van der Waals surface area contributed by atoms with Crippen LogP contribution >= 0.6 is 0 Å². The van der Waals surface area contributed by atoms with E-state index in [9.17, 15) is 25.2 Å². The van der Waals surface area contributed by atoms with Crippen LogP contribution in [0.25, 0.3) is 0 Å². The molecule has 0 aliphatic heterocycles. The topological polar surface area (TPSA) is 101 Å². The van der Waals surface area contributed by atoms with Crippen molar-refractivity contribution in [2.75, 3.05) is 0 Å². The Bertz CT molecular complexity index is 713. The number of rotatable bonds is 6. The summed E-state index contributed by atoms with van der Waals surface area (Å²) in [7, 11) is 0. The van der Waals surface area contributed by atoms with Crippen LogP contribution in [0.4, 0.5) is 0 Å². The SMILES string of the molecule is CC(CCC[C@@H](C)[C@H]1CC[C@H]2[C@@H]3CCC4CC(O)(O)C(O)C[C@]4(C)[C@H]3CC[C@]12C)C(=O)[O-].[K+]. The molecular weight excluding hydrogens is 443 g/mol. The first-order valence-electron chi connectivity index (χ1n) is 13.2. The van der Waals surface area contributed by atoms with Crippen molar-refractivity contribution in [3.8, 4) is 0 Å². The van der Waals surface area contributed by atoms with Crippen LogP contribution in [0.1, 0.15) is 98.3 Å². The number of carboxylic acids is 1. The van der Waals surface area contributed by atoms with Gasteiger partial charge in [-0.25, -0.2) is 0 Å². The number of hydrogen-bond acceptors (Lipinski definition) is 5. The number of carbonyl (C=O) groups is 1. The van der Waals surface area contributed by atoms with Crippen LogP contribution in [-0.4, -0.2) is 33.2 Å². The zero-order valence-corrected chi connectivity index (χ0v) is 24.7. The van der Waals surface area contributed by atoms with E-state index in [0.29, 0.717) is 48.3 Å². The van der Waals surface area contributed by atoms with Crippen molar-refractivity contribution < 1.29 is 76.6 Å². The van der Waals surface area contributed by atoms with Gasteiger partial charge in [-0.3, -0.25) is 0 Å². The Morgan fingerprint density at radius 3 is 2.30 bits per heavy atom. The molecule has 0 radical (unpaired) electrons. The summed E-state index contributed by atoms with van der Waals surface area (Å²) in [6.07, 6.45) is 9.74. The van der Waals surface area contributed by atoms with Gasteiger partial charge < -0.3 is 25.2 Å². The molecule has 0 heterocycles. The summed E-state index contributed by atoms with van der Waals surface area (Å²) in [6, 6.07) is 0. The van der Waals surface area contributed by atoms with Crippen molar-refractivity contribution in [2.24, 2.45) is 52.3 Å². The van der Waals surface area contributed by atoms with Crippen LogP contribution in [0.2, 0.25) is 0 Å². The summed E-state index contributed by atoms with van der Waals surface area (Å²) in [5, 5.41) is 42.1. The number of hydrogen-bond donors (Lipinski definition) is 3. The molecule has 0 spiro atoms. The number of aliphatic carboxylic acids is 1. The molecular formula is C27H45KO5. The average molecular weight is 489 g/mol. The van der Waals surface area contributed by atoms with Gasteiger partial charge in [0.05, 0.1) is 0 Å². The molecule has 4 fully saturated rings. The predicted molar refractivity (Wildman–Crippen MR) is 121 cm³/mol. The van der Waals surface area contributed by atoms with Crippen LogP contribution < -0.4 is 56.5 Å². The number of carboxylic acid groups (broad SMARTS) is 1. The minimum absolute atomic E-state index is 0. The minimum Gasteiger partial charge on any atom is -0.550 e. The molecule has 4 rings (SSSR count). The first-order valence-corrected chi connectivity index (χ1v) is 13.2. The smallest absolute Gasteiger partial charge is 0.550 e. The molecule has 33 heavy (non-hydrogen) atoms. The van der Waals surface area contributed by atoms with E-state index >= 15 is 0 Å². The van der Waals surface area contributed by atoms with Gasteiger partial charge in [-0.15, -0.1) is 0 Å². The molecule has 0 aromatic carbocycles. The third-order valence-corrected chi connectivity index (χ3v) is 11.2. The summed E-state index contributed by atoms with van der Waals surface area (Å²) in [5.74, 6) is 0.366. The van der Waals surface area contributed by atoms with Crippen LogP contribution in [0, 0.1) is 52.3 Å². The largest absolute Gasteiger partial charge is 1.00 e. The number of carbonyl (C=O) groups excluding carboxylic acids is 1. The monoisotopic (exact) mass is 488 g/mol. The fourth-order valence-corrected chi connectivity index (χ4v) is 9.31. The summed E-state index contributed by atoms with van der Waals surface area (Å²) in [6.45, 7) is 8.99. The Morgan fingerprint density at radius 2 is 1.64 bits per heavy atom. The van der Waals surface area contributed by atoms with E-state index in [1.165, 1.54) is 32.1 Å². The molecule has 0 bridgehead atoms. The summed E-state index contributed by atoms with van der Waals surface area (Å²) < 4.78 is 0. The van der Waals surface area contributed by atoms with Gasteiger partial charge in [-0.2, -0.15) is 0 Å². The predicted octanol–water partition coefficient (Wildman–Crippen LogP) is 0.493. The maximum absolute atomic E-state index is 11.0. The van der Waals surface area contributed by atoms with Crippen LogP contribution in [0.15, 0.2) is 0 Å². The van der Waals surface area contributed by atoms with Crippen LogP contribution in [-0.2, 0) is 4.79 Å². The van der Waals surface area contributed by atoms with E-state index in [4.69, 9.17) is 0 Å². The van der Waals surface area contributed by atoms with Gasteiger partial charge in [-0.1, -0.05) is 40.5 Å². The van der Waals surface area contributed by atoms with Crippen LogP contribution in [0.5, 0.6) is 0 Å². The molecule has 0 saturated heterocycles. The zero-order chi connectivity index (χ0) is 23.5. The van der Waals surface area contributed by atoms with E-state index in [0.717, 1.165) is 25.2 Å². The second-order valence-electron chi connectivity index (χ2n) is 12.8. The minimum atomic E-state index is -1.93. The van der Waals surface area contributed by atoms with Gasteiger partial charge in [0.1, 0.15) is 6.10 Å². The standard InChI is InChI=1S/C27H46O5.K/c1-16(6-5-7-17(2)24(29)30)20-10-11-21-19-9-8-18-14-27(31,32)23(28)15-26(18,4)22(19)12-13-25(20,21)3;/h16-23,28,31-32H,5-15H2,1-4H3,(H,29,30);/q;+1/p-1/t16-,17?,18?,19+,20-,21+,22+,23?,25-,26+;/m1./s1. The fourth-order valence-electron chi connectivity index (χ4n) is 9.31. The molecule has 0 amide bonds. The number of fused-ring (bicyclic) bond motifs is 5. The summed E-state index contributed by atoms with van der Waals surface area (Å²) in [4.78, 5) is 11.0. The van der Waals surface area contributed by atoms with Crippen molar-refractivity contribution in [1.29, 1.82) is 0 Å². The quantitative estimate of drug-likeness (QED) is 0.373. The van der Waals surface area contributed by atoms with E-state index in [1.54, 1.807) is 6.92 Å². The number of aliphatic hydroxyl groups is 3. The molecule has 0 aromatic rings. The Morgan fingerprint density at radius 1 is 0.970 bits per heavy atom. The maximum Gasteiger partial charge on any atom is 1.00 e. The van der Waals surface area contributed by atoms with Gasteiger partial charge in [0.25, 0.3) is 0 Å². The first-order chi connectivity index (χ1) is 14.9. The molecule has 4 aliphatic carbocycles. The Hall–Kier alpha value is 0.986. The third-order valence-electron chi connectivity index (χ3n) is 11.2. The van der Waals surface area contributed by atoms with E-state index in [2.05, 4.69) is 20.8 Å².